The Morgan fingerprint density at radius 1 is 1.04 bits per heavy atom. The molecule has 1 fully saturated rings. The zero-order valence-electron chi connectivity index (χ0n) is 14.6. The number of amides is 1. The fourth-order valence-corrected chi connectivity index (χ4v) is 3.25. The predicted molar refractivity (Wildman–Crippen MR) is 106 cm³/mol. The predicted octanol–water partition coefficient (Wildman–Crippen LogP) is 3.92. The van der Waals surface area contributed by atoms with E-state index in [2.05, 4.69) is 10.6 Å². The van der Waals surface area contributed by atoms with Crippen molar-refractivity contribution in [2.75, 3.05) is 32.0 Å². The van der Waals surface area contributed by atoms with Crippen molar-refractivity contribution < 1.29 is 4.79 Å². The van der Waals surface area contributed by atoms with Crippen LogP contribution in [0.15, 0.2) is 54.6 Å². The Balaban J connectivity index is 0.00000225. The smallest absolute Gasteiger partial charge is 0.255 e. The third kappa shape index (κ3) is 4.97. The van der Waals surface area contributed by atoms with Crippen LogP contribution >= 0.6 is 12.4 Å². The Hall–Kier alpha value is -2.04. The topological polar surface area (TPSA) is 44.4 Å². The summed E-state index contributed by atoms with van der Waals surface area (Å²) in [6.07, 6.45) is 2.14. The number of hydrogen-bond acceptors (Lipinski definition) is 3. The van der Waals surface area contributed by atoms with E-state index in [1.807, 2.05) is 66.5 Å². The number of piperidine rings is 1. The standard InChI is InChI=1S/C20H25N3O.ClH/c1-21-15-16-11-13-23(14-12-16)20(24)18-9-5-6-10-19(18)22-17-7-3-2-4-8-17;/h2-10,16,21-22H,11-15H2,1H3;1H. The van der Waals surface area contributed by atoms with Crippen LogP contribution in [0.25, 0.3) is 0 Å². The number of rotatable bonds is 5. The van der Waals surface area contributed by atoms with E-state index in [-0.39, 0.29) is 18.3 Å². The number of likely N-dealkylation sites (tertiary alicyclic amines) is 1. The molecule has 0 atom stereocenters. The van der Waals surface area contributed by atoms with Crippen molar-refractivity contribution in [2.45, 2.75) is 12.8 Å². The minimum absolute atomic E-state index is 0. The van der Waals surface area contributed by atoms with E-state index in [1.165, 1.54) is 0 Å². The molecule has 0 spiro atoms. The zero-order valence-corrected chi connectivity index (χ0v) is 15.4. The number of nitrogens with one attached hydrogen (secondary N) is 2. The van der Waals surface area contributed by atoms with Crippen LogP contribution in [0.4, 0.5) is 11.4 Å². The van der Waals surface area contributed by atoms with Gasteiger partial charge in [-0.1, -0.05) is 30.3 Å². The summed E-state index contributed by atoms with van der Waals surface area (Å²) < 4.78 is 0. The van der Waals surface area contributed by atoms with E-state index in [0.717, 1.165) is 49.4 Å². The van der Waals surface area contributed by atoms with Gasteiger partial charge in [0.25, 0.3) is 5.91 Å². The Bertz CT molecular complexity index is 670. The normalized spacial score (nSPS) is 14.7. The monoisotopic (exact) mass is 359 g/mol. The lowest BCUT2D eigenvalue weighted by molar-refractivity contribution is 0.0692. The van der Waals surface area contributed by atoms with Crippen LogP contribution in [0.5, 0.6) is 0 Å². The fraction of sp³-hybridized carbons (Fsp3) is 0.350. The molecule has 1 aliphatic rings. The maximum atomic E-state index is 12.9. The van der Waals surface area contributed by atoms with Crippen LogP contribution in [0.3, 0.4) is 0 Å². The van der Waals surface area contributed by atoms with Crippen molar-refractivity contribution in [3.63, 3.8) is 0 Å². The molecule has 1 aliphatic heterocycles. The van der Waals surface area contributed by atoms with Crippen LogP contribution < -0.4 is 10.6 Å². The van der Waals surface area contributed by atoms with Crippen LogP contribution in [-0.2, 0) is 0 Å². The lowest BCUT2D eigenvalue weighted by Gasteiger charge is -2.32. The summed E-state index contributed by atoms with van der Waals surface area (Å²) in [5.41, 5.74) is 2.60. The first-order chi connectivity index (χ1) is 11.8. The highest BCUT2D eigenvalue weighted by Crippen LogP contribution is 2.24. The van der Waals surface area contributed by atoms with Crippen molar-refractivity contribution >= 4 is 29.7 Å². The van der Waals surface area contributed by atoms with E-state index in [1.54, 1.807) is 0 Å². The molecule has 2 N–H and O–H groups in total. The van der Waals surface area contributed by atoms with Crippen molar-refractivity contribution in [1.29, 1.82) is 0 Å². The average Bonchev–Trinajstić information content (AvgIpc) is 2.63. The molecule has 5 heteroatoms. The molecule has 25 heavy (non-hydrogen) atoms. The molecule has 0 bridgehead atoms. The molecular formula is C20H26ClN3O. The summed E-state index contributed by atoms with van der Waals surface area (Å²) in [7, 11) is 1.99. The SMILES string of the molecule is CNCC1CCN(C(=O)c2ccccc2Nc2ccccc2)CC1.Cl. The number of nitrogens with zero attached hydrogens (tertiary/aromatic N) is 1. The average molecular weight is 360 g/mol. The van der Waals surface area contributed by atoms with Gasteiger partial charge in [0.2, 0.25) is 0 Å². The van der Waals surface area contributed by atoms with E-state index < -0.39 is 0 Å². The minimum atomic E-state index is 0. The molecule has 0 aromatic heterocycles. The first kappa shape index (κ1) is 19.3. The number of benzene rings is 2. The van der Waals surface area contributed by atoms with Gasteiger partial charge in [0.1, 0.15) is 0 Å². The van der Waals surface area contributed by atoms with E-state index in [4.69, 9.17) is 0 Å². The molecule has 2 aromatic carbocycles. The summed E-state index contributed by atoms with van der Waals surface area (Å²) in [4.78, 5) is 14.9. The number of carbonyl (C=O) groups excluding carboxylic acids is 1. The van der Waals surface area contributed by atoms with Gasteiger partial charge >= 0.3 is 0 Å². The quantitative estimate of drug-likeness (QED) is 0.850. The molecule has 0 unspecified atom stereocenters. The Morgan fingerprint density at radius 3 is 2.36 bits per heavy atom. The highest BCUT2D eigenvalue weighted by atomic mass is 35.5. The molecule has 0 radical (unpaired) electrons. The second-order valence-electron chi connectivity index (χ2n) is 6.33. The van der Waals surface area contributed by atoms with Gasteiger partial charge in [0.05, 0.1) is 11.3 Å². The van der Waals surface area contributed by atoms with Crippen LogP contribution in [0.1, 0.15) is 23.2 Å². The third-order valence-electron chi connectivity index (χ3n) is 4.60. The van der Waals surface area contributed by atoms with Gasteiger partial charge in [-0.05, 0) is 56.6 Å². The zero-order chi connectivity index (χ0) is 16.8. The highest BCUT2D eigenvalue weighted by molar-refractivity contribution is 6.00. The van der Waals surface area contributed by atoms with Gasteiger partial charge in [0, 0.05) is 18.8 Å². The second-order valence-corrected chi connectivity index (χ2v) is 6.33. The number of halogens is 1. The van der Waals surface area contributed by atoms with Crippen LogP contribution in [0.2, 0.25) is 0 Å². The number of carbonyl (C=O) groups is 1. The molecule has 0 saturated carbocycles. The highest BCUT2D eigenvalue weighted by Gasteiger charge is 2.24. The number of para-hydroxylation sites is 2. The van der Waals surface area contributed by atoms with Crippen LogP contribution in [0, 0.1) is 5.92 Å². The molecule has 2 aromatic rings. The van der Waals surface area contributed by atoms with Crippen molar-refractivity contribution in [3.05, 3.63) is 60.2 Å². The molecule has 1 saturated heterocycles. The van der Waals surface area contributed by atoms with Crippen molar-refractivity contribution in [3.8, 4) is 0 Å². The van der Waals surface area contributed by atoms with E-state index >= 15 is 0 Å². The lowest BCUT2D eigenvalue weighted by Crippen LogP contribution is -2.40. The molecule has 4 nitrogen and oxygen atoms in total. The minimum Gasteiger partial charge on any atom is -0.355 e. The van der Waals surface area contributed by atoms with Gasteiger partial charge in [-0.15, -0.1) is 12.4 Å². The third-order valence-corrected chi connectivity index (χ3v) is 4.60. The van der Waals surface area contributed by atoms with Gasteiger partial charge < -0.3 is 15.5 Å². The summed E-state index contributed by atoms with van der Waals surface area (Å²) in [5, 5.41) is 6.60. The van der Waals surface area contributed by atoms with Gasteiger partial charge in [-0.25, -0.2) is 0 Å². The van der Waals surface area contributed by atoms with Gasteiger partial charge in [-0.2, -0.15) is 0 Å². The van der Waals surface area contributed by atoms with Crippen molar-refractivity contribution in [2.24, 2.45) is 5.92 Å². The fourth-order valence-electron chi connectivity index (χ4n) is 3.25. The Kier molecular flexibility index (Phi) is 7.29. The van der Waals surface area contributed by atoms with Crippen LogP contribution in [-0.4, -0.2) is 37.5 Å². The molecule has 3 rings (SSSR count). The molecule has 1 amide bonds. The second kappa shape index (κ2) is 9.44. The van der Waals surface area contributed by atoms with E-state index in [0.29, 0.717) is 5.92 Å². The first-order valence-corrected chi connectivity index (χ1v) is 8.63. The first-order valence-electron chi connectivity index (χ1n) is 8.63. The molecule has 1 heterocycles. The Morgan fingerprint density at radius 2 is 1.68 bits per heavy atom. The molecule has 0 aliphatic carbocycles. The van der Waals surface area contributed by atoms with Gasteiger partial charge in [-0.3, -0.25) is 4.79 Å². The molecular weight excluding hydrogens is 334 g/mol. The largest absolute Gasteiger partial charge is 0.355 e. The number of hydrogen-bond donors (Lipinski definition) is 2. The summed E-state index contributed by atoms with van der Waals surface area (Å²) in [5.74, 6) is 0.800. The summed E-state index contributed by atoms with van der Waals surface area (Å²) in [6.45, 7) is 2.71. The Labute approximate surface area is 156 Å². The number of anilines is 2. The summed E-state index contributed by atoms with van der Waals surface area (Å²) in [6, 6.07) is 17.7. The maximum Gasteiger partial charge on any atom is 0.255 e. The maximum absolute atomic E-state index is 12.9. The summed E-state index contributed by atoms with van der Waals surface area (Å²) >= 11 is 0. The lowest BCUT2D eigenvalue weighted by atomic mass is 9.96. The van der Waals surface area contributed by atoms with E-state index in [9.17, 15) is 4.79 Å². The molecule has 134 valence electrons. The van der Waals surface area contributed by atoms with Crippen molar-refractivity contribution in [1.82, 2.24) is 10.2 Å². The van der Waals surface area contributed by atoms with Gasteiger partial charge in [0.15, 0.2) is 0 Å².